The molecule has 0 aliphatic carbocycles. The maximum Gasteiger partial charge on any atom is 0.253 e. The standard InChI is InChI=1S/C19H17ClN2O2/c1-2-12-21-18(23)13-17(14-8-4-3-5-9-14)22-19(24)15-10-6-7-11-16(15)20/h1,3-11,17H,12-13H2,(H,21,23)(H,22,24)/t17-/m0/s1. The molecule has 2 amide bonds. The first kappa shape index (κ1) is 17.6. The van der Waals surface area contributed by atoms with E-state index in [-0.39, 0.29) is 24.8 Å². The van der Waals surface area contributed by atoms with E-state index < -0.39 is 6.04 Å². The molecule has 24 heavy (non-hydrogen) atoms. The molecule has 0 aromatic heterocycles. The number of rotatable bonds is 6. The van der Waals surface area contributed by atoms with Gasteiger partial charge in [-0.1, -0.05) is 60.0 Å². The van der Waals surface area contributed by atoms with Crippen LogP contribution in [0.1, 0.15) is 28.4 Å². The second kappa shape index (κ2) is 8.76. The van der Waals surface area contributed by atoms with Crippen LogP contribution < -0.4 is 10.6 Å². The second-order valence-corrected chi connectivity index (χ2v) is 5.51. The van der Waals surface area contributed by atoms with E-state index in [1.54, 1.807) is 24.3 Å². The van der Waals surface area contributed by atoms with E-state index in [1.807, 2.05) is 30.3 Å². The number of terminal acetylenes is 1. The lowest BCUT2D eigenvalue weighted by atomic mass is 10.0. The van der Waals surface area contributed by atoms with Crippen LogP contribution in [-0.2, 0) is 4.79 Å². The maximum absolute atomic E-state index is 12.5. The van der Waals surface area contributed by atoms with Gasteiger partial charge in [-0.2, -0.15) is 0 Å². The van der Waals surface area contributed by atoms with Gasteiger partial charge in [0.1, 0.15) is 0 Å². The van der Waals surface area contributed by atoms with Crippen LogP contribution in [0.15, 0.2) is 54.6 Å². The zero-order valence-corrected chi connectivity index (χ0v) is 13.7. The van der Waals surface area contributed by atoms with E-state index in [1.165, 1.54) is 0 Å². The van der Waals surface area contributed by atoms with Crippen LogP contribution in [0.2, 0.25) is 5.02 Å². The largest absolute Gasteiger partial charge is 0.345 e. The van der Waals surface area contributed by atoms with Crippen molar-refractivity contribution in [2.75, 3.05) is 6.54 Å². The molecule has 0 spiro atoms. The van der Waals surface area contributed by atoms with Crippen molar-refractivity contribution in [2.45, 2.75) is 12.5 Å². The van der Waals surface area contributed by atoms with E-state index in [2.05, 4.69) is 16.6 Å². The van der Waals surface area contributed by atoms with Crippen LogP contribution in [0, 0.1) is 12.3 Å². The highest BCUT2D eigenvalue weighted by Gasteiger charge is 2.20. The average Bonchev–Trinajstić information content (AvgIpc) is 2.60. The number of amides is 2. The molecule has 0 fully saturated rings. The van der Waals surface area contributed by atoms with E-state index in [0.29, 0.717) is 10.6 Å². The topological polar surface area (TPSA) is 58.2 Å². The van der Waals surface area contributed by atoms with Crippen LogP contribution >= 0.6 is 11.6 Å². The fourth-order valence-corrected chi connectivity index (χ4v) is 2.45. The summed E-state index contributed by atoms with van der Waals surface area (Å²) >= 11 is 6.06. The Morgan fingerprint density at radius 2 is 1.75 bits per heavy atom. The first-order valence-electron chi connectivity index (χ1n) is 7.42. The molecule has 0 unspecified atom stereocenters. The molecule has 4 nitrogen and oxygen atoms in total. The molecule has 2 rings (SSSR count). The highest BCUT2D eigenvalue weighted by Crippen LogP contribution is 2.20. The monoisotopic (exact) mass is 340 g/mol. The third-order valence-electron chi connectivity index (χ3n) is 3.40. The second-order valence-electron chi connectivity index (χ2n) is 5.10. The highest BCUT2D eigenvalue weighted by atomic mass is 35.5. The van der Waals surface area contributed by atoms with Crippen LogP contribution in [0.5, 0.6) is 0 Å². The molecular weight excluding hydrogens is 324 g/mol. The van der Waals surface area contributed by atoms with Crippen LogP contribution in [0.4, 0.5) is 0 Å². The molecule has 2 aromatic carbocycles. The lowest BCUT2D eigenvalue weighted by Gasteiger charge is -2.19. The highest BCUT2D eigenvalue weighted by molar-refractivity contribution is 6.33. The van der Waals surface area contributed by atoms with Crippen LogP contribution in [0.3, 0.4) is 0 Å². The minimum Gasteiger partial charge on any atom is -0.345 e. The summed E-state index contributed by atoms with van der Waals surface area (Å²) in [5, 5.41) is 5.83. The fraction of sp³-hybridized carbons (Fsp3) is 0.158. The van der Waals surface area contributed by atoms with Gasteiger partial charge < -0.3 is 10.6 Å². The Labute approximate surface area is 146 Å². The predicted octanol–water partition coefficient (Wildman–Crippen LogP) is 2.95. The van der Waals surface area contributed by atoms with Gasteiger partial charge in [0.2, 0.25) is 5.91 Å². The van der Waals surface area contributed by atoms with E-state index in [0.717, 1.165) is 5.56 Å². The number of carbonyl (C=O) groups excluding carboxylic acids is 2. The molecule has 0 saturated carbocycles. The molecule has 2 aromatic rings. The zero-order chi connectivity index (χ0) is 17.4. The van der Waals surface area contributed by atoms with Gasteiger partial charge in [0.05, 0.1) is 29.6 Å². The quantitative estimate of drug-likeness (QED) is 0.794. The molecule has 2 N–H and O–H groups in total. The van der Waals surface area contributed by atoms with Crippen molar-refractivity contribution in [1.29, 1.82) is 0 Å². The van der Waals surface area contributed by atoms with Crippen molar-refractivity contribution in [2.24, 2.45) is 0 Å². The Morgan fingerprint density at radius 3 is 2.42 bits per heavy atom. The lowest BCUT2D eigenvalue weighted by Crippen LogP contribution is -2.34. The van der Waals surface area contributed by atoms with Gasteiger partial charge in [-0.05, 0) is 17.7 Å². The fourth-order valence-electron chi connectivity index (χ4n) is 2.23. The SMILES string of the molecule is C#CCNC(=O)C[C@H](NC(=O)c1ccccc1Cl)c1ccccc1. The summed E-state index contributed by atoms with van der Waals surface area (Å²) in [7, 11) is 0. The van der Waals surface area contributed by atoms with Crippen molar-refractivity contribution >= 4 is 23.4 Å². The molecule has 0 radical (unpaired) electrons. The molecule has 0 bridgehead atoms. The molecule has 5 heteroatoms. The van der Waals surface area contributed by atoms with Gasteiger partial charge in [-0.3, -0.25) is 9.59 Å². The van der Waals surface area contributed by atoms with E-state index in [4.69, 9.17) is 18.0 Å². The normalized spacial score (nSPS) is 11.2. The first-order chi connectivity index (χ1) is 11.6. The average molecular weight is 341 g/mol. The van der Waals surface area contributed by atoms with Crippen molar-refractivity contribution in [1.82, 2.24) is 10.6 Å². The molecular formula is C19H17ClN2O2. The molecule has 0 aliphatic heterocycles. The summed E-state index contributed by atoms with van der Waals surface area (Å²) < 4.78 is 0. The third-order valence-corrected chi connectivity index (χ3v) is 3.73. The molecule has 0 saturated heterocycles. The number of hydrogen-bond donors (Lipinski definition) is 2. The summed E-state index contributed by atoms with van der Waals surface area (Å²) in [6.07, 6.45) is 5.23. The number of carbonyl (C=O) groups is 2. The van der Waals surface area contributed by atoms with Crippen molar-refractivity contribution in [3.8, 4) is 12.3 Å². The van der Waals surface area contributed by atoms with Crippen LogP contribution in [-0.4, -0.2) is 18.4 Å². The number of nitrogens with one attached hydrogen (secondary N) is 2. The molecule has 0 heterocycles. The summed E-state index contributed by atoms with van der Waals surface area (Å²) in [6, 6.07) is 15.6. The summed E-state index contributed by atoms with van der Waals surface area (Å²) in [5.41, 5.74) is 1.19. The minimum absolute atomic E-state index is 0.0852. The maximum atomic E-state index is 12.5. The van der Waals surface area contributed by atoms with Crippen molar-refractivity contribution in [3.05, 3.63) is 70.7 Å². The molecule has 0 aliphatic rings. The predicted molar refractivity (Wildman–Crippen MR) is 94.6 cm³/mol. The van der Waals surface area contributed by atoms with Gasteiger partial charge in [-0.25, -0.2) is 0 Å². The third kappa shape index (κ3) is 4.87. The number of benzene rings is 2. The summed E-state index contributed by atoms with van der Waals surface area (Å²) in [6.45, 7) is 0.152. The Balaban J connectivity index is 2.17. The summed E-state index contributed by atoms with van der Waals surface area (Å²) in [5.74, 6) is 1.78. The van der Waals surface area contributed by atoms with Crippen molar-refractivity contribution < 1.29 is 9.59 Å². The zero-order valence-electron chi connectivity index (χ0n) is 13.0. The smallest absolute Gasteiger partial charge is 0.253 e. The van der Waals surface area contributed by atoms with Crippen molar-refractivity contribution in [3.63, 3.8) is 0 Å². The lowest BCUT2D eigenvalue weighted by molar-refractivity contribution is -0.121. The molecule has 122 valence electrons. The van der Waals surface area contributed by atoms with Crippen LogP contribution in [0.25, 0.3) is 0 Å². The van der Waals surface area contributed by atoms with Gasteiger partial charge in [0.25, 0.3) is 5.91 Å². The van der Waals surface area contributed by atoms with Gasteiger partial charge in [-0.15, -0.1) is 6.42 Å². The van der Waals surface area contributed by atoms with E-state index >= 15 is 0 Å². The van der Waals surface area contributed by atoms with Gasteiger partial charge >= 0.3 is 0 Å². The van der Waals surface area contributed by atoms with E-state index in [9.17, 15) is 9.59 Å². The van der Waals surface area contributed by atoms with Gasteiger partial charge in [0, 0.05) is 0 Å². The minimum atomic E-state index is -0.479. The summed E-state index contributed by atoms with van der Waals surface area (Å²) in [4.78, 5) is 24.5. The Bertz CT molecular complexity index is 753. The first-order valence-corrected chi connectivity index (χ1v) is 7.80. The Morgan fingerprint density at radius 1 is 1.08 bits per heavy atom. The number of halogens is 1. The number of hydrogen-bond acceptors (Lipinski definition) is 2. The van der Waals surface area contributed by atoms with Gasteiger partial charge in [0.15, 0.2) is 0 Å². The Kier molecular flexibility index (Phi) is 6.41. The Hall–Kier alpha value is -2.77. The molecule has 1 atom stereocenters.